The van der Waals surface area contributed by atoms with Crippen LogP contribution in [-0.4, -0.2) is 48.0 Å². The average molecular weight is 245 g/mol. The van der Waals surface area contributed by atoms with Crippen molar-refractivity contribution in [3.8, 4) is 0 Å². The molecular formula is C10H19N3O2S. The number of amides is 3. The standard InChI is InChI=1S/C10H19N3O2S/c1-16-7-4-8(12-10(11)15)9(14)13-5-2-3-6-13/h8H,2-7H2,1H3,(H3,11,12,15)/t8-/m1/s1. The van der Waals surface area contributed by atoms with Crippen molar-refractivity contribution in [2.45, 2.75) is 25.3 Å². The second-order valence-electron chi connectivity index (χ2n) is 3.88. The van der Waals surface area contributed by atoms with Crippen LogP contribution in [0.2, 0.25) is 0 Å². The first kappa shape index (κ1) is 13.2. The summed E-state index contributed by atoms with van der Waals surface area (Å²) in [6, 6.07) is -1.08. The van der Waals surface area contributed by atoms with E-state index in [2.05, 4.69) is 5.32 Å². The van der Waals surface area contributed by atoms with Crippen LogP contribution in [0.15, 0.2) is 0 Å². The summed E-state index contributed by atoms with van der Waals surface area (Å²) >= 11 is 1.65. The van der Waals surface area contributed by atoms with Crippen molar-refractivity contribution in [2.75, 3.05) is 25.1 Å². The zero-order chi connectivity index (χ0) is 12.0. The molecule has 1 rings (SSSR count). The van der Waals surface area contributed by atoms with E-state index in [9.17, 15) is 9.59 Å². The number of primary amides is 1. The molecular weight excluding hydrogens is 226 g/mol. The van der Waals surface area contributed by atoms with E-state index < -0.39 is 12.1 Å². The molecule has 0 unspecified atom stereocenters. The molecule has 16 heavy (non-hydrogen) atoms. The smallest absolute Gasteiger partial charge is 0.312 e. The minimum Gasteiger partial charge on any atom is -0.352 e. The van der Waals surface area contributed by atoms with Gasteiger partial charge in [0.05, 0.1) is 0 Å². The molecule has 1 heterocycles. The molecule has 0 aliphatic carbocycles. The molecule has 3 N–H and O–H groups in total. The summed E-state index contributed by atoms with van der Waals surface area (Å²) in [4.78, 5) is 24.7. The molecule has 3 amide bonds. The summed E-state index contributed by atoms with van der Waals surface area (Å²) in [6.07, 6.45) is 4.72. The van der Waals surface area contributed by atoms with E-state index in [4.69, 9.17) is 5.73 Å². The fourth-order valence-corrected chi connectivity index (χ4v) is 2.29. The first-order chi connectivity index (χ1) is 7.65. The van der Waals surface area contributed by atoms with Crippen LogP contribution in [0.3, 0.4) is 0 Å². The van der Waals surface area contributed by atoms with Crippen molar-refractivity contribution < 1.29 is 9.59 Å². The van der Waals surface area contributed by atoms with Gasteiger partial charge in [-0.25, -0.2) is 4.79 Å². The highest BCUT2D eigenvalue weighted by Gasteiger charge is 2.26. The number of hydrogen-bond donors (Lipinski definition) is 2. The van der Waals surface area contributed by atoms with Gasteiger partial charge in [0.1, 0.15) is 6.04 Å². The van der Waals surface area contributed by atoms with Gasteiger partial charge in [-0.05, 0) is 31.3 Å². The molecule has 1 saturated heterocycles. The van der Waals surface area contributed by atoms with Gasteiger partial charge in [0, 0.05) is 13.1 Å². The Labute approximate surface area is 100 Å². The van der Waals surface area contributed by atoms with Crippen LogP contribution in [0, 0.1) is 0 Å². The van der Waals surface area contributed by atoms with E-state index in [-0.39, 0.29) is 5.91 Å². The Kier molecular flexibility index (Phi) is 5.45. The zero-order valence-corrected chi connectivity index (χ0v) is 10.4. The summed E-state index contributed by atoms with van der Waals surface area (Å²) < 4.78 is 0. The topological polar surface area (TPSA) is 75.4 Å². The molecule has 1 atom stereocenters. The molecule has 0 bridgehead atoms. The quantitative estimate of drug-likeness (QED) is 0.736. The van der Waals surface area contributed by atoms with Crippen molar-refractivity contribution in [3.63, 3.8) is 0 Å². The number of likely N-dealkylation sites (tertiary alicyclic amines) is 1. The molecule has 1 fully saturated rings. The van der Waals surface area contributed by atoms with E-state index in [0.717, 1.165) is 31.7 Å². The zero-order valence-electron chi connectivity index (χ0n) is 9.57. The van der Waals surface area contributed by atoms with Crippen molar-refractivity contribution in [3.05, 3.63) is 0 Å². The lowest BCUT2D eigenvalue weighted by molar-refractivity contribution is -0.132. The number of nitrogens with two attached hydrogens (primary N) is 1. The number of nitrogens with zero attached hydrogens (tertiary/aromatic N) is 1. The van der Waals surface area contributed by atoms with Crippen LogP contribution in [0.4, 0.5) is 4.79 Å². The molecule has 0 aromatic heterocycles. The van der Waals surface area contributed by atoms with E-state index in [0.29, 0.717) is 6.42 Å². The first-order valence-electron chi connectivity index (χ1n) is 5.49. The Hall–Kier alpha value is -0.910. The summed E-state index contributed by atoms with van der Waals surface area (Å²) in [6.45, 7) is 1.60. The Bertz CT molecular complexity index is 254. The normalized spacial score (nSPS) is 17.2. The number of hydrogen-bond acceptors (Lipinski definition) is 3. The van der Waals surface area contributed by atoms with Crippen molar-refractivity contribution in [1.82, 2.24) is 10.2 Å². The minimum absolute atomic E-state index is 0.00495. The predicted molar refractivity (Wildman–Crippen MR) is 65.3 cm³/mol. The average Bonchev–Trinajstić information content (AvgIpc) is 2.76. The largest absolute Gasteiger partial charge is 0.352 e. The maximum atomic E-state index is 12.0. The summed E-state index contributed by atoms with van der Waals surface area (Å²) in [5.74, 6) is 0.843. The maximum Gasteiger partial charge on any atom is 0.312 e. The predicted octanol–water partition coefficient (Wildman–Crippen LogP) is 0.399. The van der Waals surface area contributed by atoms with Crippen molar-refractivity contribution in [1.29, 1.82) is 0 Å². The third kappa shape index (κ3) is 3.92. The Morgan fingerprint density at radius 2 is 2.06 bits per heavy atom. The van der Waals surface area contributed by atoms with E-state index in [1.165, 1.54) is 0 Å². The number of thioether (sulfide) groups is 1. The molecule has 0 aromatic carbocycles. The fourth-order valence-electron chi connectivity index (χ4n) is 1.82. The molecule has 1 aliphatic heterocycles. The lowest BCUT2D eigenvalue weighted by atomic mass is 10.2. The lowest BCUT2D eigenvalue weighted by Crippen LogP contribution is -2.49. The second-order valence-corrected chi connectivity index (χ2v) is 4.86. The summed E-state index contributed by atoms with van der Waals surface area (Å²) in [5.41, 5.74) is 5.07. The third-order valence-corrected chi connectivity index (χ3v) is 3.29. The van der Waals surface area contributed by atoms with Gasteiger partial charge in [0.25, 0.3) is 0 Å². The highest BCUT2D eigenvalue weighted by atomic mass is 32.2. The Morgan fingerprint density at radius 1 is 1.44 bits per heavy atom. The summed E-state index contributed by atoms with van der Waals surface area (Å²) in [5, 5.41) is 2.53. The maximum absolute atomic E-state index is 12.0. The van der Waals surface area contributed by atoms with Crippen LogP contribution >= 0.6 is 11.8 Å². The van der Waals surface area contributed by atoms with E-state index in [1.807, 2.05) is 6.26 Å². The number of urea groups is 1. The number of rotatable bonds is 5. The van der Waals surface area contributed by atoms with Crippen molar-refractivity contribution >= 4 is 23.7 Å². The Morgan fingerprint density at radius 3 is 2.56 bits per heavy atom. The SMILES string of the molecule is CSCC[C@@H](NC(N)=O)C(=O)N1CCCC1. The van der Waals surface area contributed by atoms with Crippen LogP contribution in [0.5, 0.6) is 0 Å². The van der Waals surface area contributed by atoms with Gasteiger partial charge in [-0.15, -0.1) is 0 Å². The third-order valence-electron chi connectivity index (χ3n) is 2.64. The minimum atomic E-state index is -0.626. The van der Waals surface area contributed by atoms with Crippen LogP contribution in [0.25, 0.3) is 0 Å². The highest BCUT2D eigenvalue weighted by molar-refractivity contribution is 7.98. The van der Waals surface area contributed by atoms with Crippen LogP contribution in [-0.2, 0) is 4.79 Å². The molecule has 6 heteroatoms. The second kappa shape index (κ2) is 6.62. The fraction of sp³-hybridized carbons (Fsp3) is 0.800. The van der Waals surface area contributed by atoms with Gasteiger partial charge >= 0.3 is 6.03 Å². The molecule has 0 aromatic rings. The monoisotopic (exact) mass is 245 g/mol. The van der Waals surface area contributed by atoms with Crippen LogP contribution < -0.4 is 11.1 Å². The molecule has 0 spiro atoms. The molecule has 5 nitrogen and oxygen atoms in total. The van der Waals surface area contributed by atoms with Gasteiger partial charge in [-0.3, -0.25) is 4.79 Å². The molecule has 92 valence electrons. The molecule has 0 radical (unpaired) electrons. The molecule has 1 aliphatic rings. The van der Waals surface area contributed by atoms with Gasteiger partial charge in [0.15, 0.2) is 0 Å². The van der Waals surface area contributed by atoms with Crippen molar-refractivity contribution in [2.24, 2.45) is 5.73 Å². The summed E-state index contributed by atoms with van der Waals surface area (Å²) in [7, 11) is 0. The molecule has 0 saturated carbocycles. The van der Waals surface area contributed by atoms with E-state index in [1.54, 1.807) is 16.7 Å². The van der Waals surface area contributed by atoms with Gasteiger partial charge < -0.3 is 16.0 Å². The first-order valence-corrected chi connectivity index (χ1v) is 6.88. The van der Waals surface area contributed by atoms with Gasteiger partial charge in [-0.2, -0.15) is 11.8 Å². The highest BCUT2D eigenvalue weighted by Crippen LogP contribution is 2.11. The van der Waals surface area contributed by atoms with Crippen LogP contribution in [0.1, 0.15) is 19.3 Å². The Balaban J connectivity index is 2.51. The number of carbonyl (C=O) groups excluding carboxylic acids is 2. The number of carbonyl (C=O) groups is 2. The van der Waals surface area contributed by atoms with Gasteiger partial charge in [-0.1, -0.05) is 0 Å². The number of nitrogens with one attached hydrogen (secondary N) is 1. The van der Waals surface area contributed by atoms with E-state index >= 15 is 0 Å². The lowest BCUT2D eigenvalue weighted by Gasteiger charge is -2.23. The van der Waals surface area contributed by atoms with Gasteiger partial charge in [0.2, 0.25) is 5.91 Å².